The quantitative estimate of drug-likeness (QED) is 0.695. The van der Waals surface area contributed by atoms with Gasteiger partial charge in [-0.3, -0.25) is 4.79 Å². The second-order valence-electron chi connectivity index (χ2n) is 4.90. The Balaban J connectivity index is 2.14. The molecule has 4 heteroatoms. The Kier molecular flexibility index (Phi) is 5.90. The highest BCUT2D eigenvalue weighted by Gasteiger charge is 2.18. The number of hydrogen-bond acceptors (Lipinski definition) is 1. The van der Waals surface area contributed by atoms with Crippen LogP contribution in [0.5, 0.6) is 0 Å². The molecule has 2 aromatic rings. The third kappa shape index (κ3) is 4.28. The topological polar surface area (TPSA) is 20.3 Å². The number of halogens is 2. The Bertz CT molecular complexity index is 657. The summed E-state index contributed by atoms with van der Waals surface area (Å²) in [6, 6.07) is 14.1. The van der Waals surface area contributed by atoms with E-state index in [1.807, 2.05) is 30.3 Å². The smallest absolute Gasteiger partial charge is 0.255 e. The molecule has 114 valence electrons. The molecule has 2 rings (SSSR count). The van der Waals surface area contributed by atoms with Crippen LogP contribution >= 0.6 is 15.9 Å². The molecule has 0 heterocycles. The molecule has 0 aromatic heterocycles. The lowest BCUT2D eigenvalue weighted by Crippen LogP contribution is -2.33. The van der Waals surface area contributed by atoms with Crippen LogP contribution in [-0.4, -0.2) is 23.9 Å². The van der Waals surface area contributed by atoms with Gasteiger partial charge in [-0.1, -0.05) is 36.4 Å². The molecule has 0 spiro atoms. The Morgan fingerprint density at radius 1 is 1.23 bits per heavy atom. The van der Waals surface area contributed by atoms with E-state index in [9.17, 15) is 9.18 Å². The molecule has 0 bridgehead atoms. The number of hydrogen-bond donors (Lipinski definition) is 0. The van der Waals surface area contributed by atoms with Crippen molar-refractivity contribution >= 4 is 21.8 Å². The molecule has 0 unspecified atom stereocenters. The van der Waals surface area contributed by atoms with Gasteiger partial charge in [-0.15, -0.1) is 6.58 Å². The van der Waals surface area contributed by atoms with Crippen LogP contribution in [0.1, 0.15) is 15.9 Å². The van der Waals surface area contributed by atoms with Crippen molar-refractivity contribution in [3.05, 3.63) is 82.6 Å². The molecule has 0 radical (unpaired) electrons. The van der Waals surface area contributed by atoms with E-state index in [1.54, 1.807) is 17.0 Å². The maximum atomic E-state index is 13.4. The molecule has 22 heavy (non-hydrogen) atoms. The van der Waals surface area contributed by atoms with E-state index in [4.69, 9.17) is 0 Å². The molecule has 0 fully saturated rings. The molecule has 0 aliphatic rings. The first-order valence-corrected chi connectivity index (χ1v) is 7.80. The second-order valence-corrected chi connectivity index (χ2v) is 5.75. The summed E-state index contributed by atoms with van der Waals surface area (Å²) in [7, 11) is 0. The molecule has 0 saturated carbocycles. The summed E-state index contributed by atoms with van der Waals surface area (Å²) in [5.41, 5.74) is 1.48. The van der Waals surface area contributed by atoms with E-state index in [2.05, 4.69) is 22.5 Å². The van der Waals surface area contributed by atoms with Crippen molar-refractivity contribution in [2.75, 3.05) is 13.1 Å². The minimum Gasteiger partial charge on any atom is -0.335 e. The Morgan fingerprint density at radius 3 is 2.64 bits per heavy atom. The number of carbonyl (C=O) groups excluding carboxylic acids is 1. The summed E-state index contributed by atoms with van der Waals surface area (Å²) in [5, 5.41) is 0. The fourth-order valence-electron chi connectivity index (χ4n) is 2.17. The van der Waals surface area contributed by atoms with E-state index in [-0.39, 0.29) is 5.91 Å². The average Bonchev–Trinajstić information content (AvgIpc) is 2.54. The predicted octanol–water partition coefficient (Wildman–Crippen LogP) is 4.46. The van der Waals surface area contributed by atoms with Gasteiger partial charge in [0, 0.05) is 17.6 Å². The van der Waals surface area contributed by atoms with Crippen molar-refractivity contribution in [3.63, 3.8) is 0 Å². The summed E-state index contributed by atoms with van der Waals surface area (Å²) in [4.78, 5) is 14.3. The van der Waals surface area contributed by atoms with E-state index < -0.39 is 5.82 Å². The van der Waals surface area contributed by atoms with E-state index in [0.29, 0.717) is 23.1 Å². The molecule has 0 atom stereocenters. The number of nitrogens with zero attached hydrogens (tertiary/aromatic N) is 1. The molecular formula is C18H17BrFNO. The fourth-order valence-corrected chi connectivity index (χ4v) is 2.59. The van der Waals surface area contributed by atoms with Gasteiger partial charge in [-0.05, 0) is 46.1 Å². The molecule has 1 amide bonds. The highest BCUT2D eigenvalue weighted by molar-refractivity contribution is 9.10. The van der Waals surface area contributed by atoms with E-state index >= 15 is 0 Å². The second kappa shape index (κ2) is 7.90. The fraction of sp³-hybridized carbons (Fsp3) is 0.167. The highest BCUT2D eigenvalue weighted by Crippen LogP contribution is 2.20. The number of amides is 1. The Hall–Kier alpha value is -1.94. The molecule has 0 aliphatic carbocycles. The first kappa shape index (κ1) is 16.4. The zero-order chi connectivity index (χ0) is 15.9. The Labute approximate surface area is 138 Å². The first-order chi connectivity index (χ1) is 10.6. The van der Waals surface area contributed by atoms with Crippen LogP contribution in [0.3, 0.4) is 0 Å². The number of rotatable bonds is 6. The van der Waals surface area contributed by atoms with Crippen LogP contribution in [0.15, 0.2) is 65.7 Å². The summed E-state index contributed by atoms with van der Waals surface area (Å²) >= 11 is 3.31. The largest absolute Gasteiger partial charge is 0.335 e. The summed E-state index contributed by atoms with van der Waals surface area (Å²) in [6.45, 7) is 4.67. The van der Waals surface area contributed by atoms with Crippen LogP contribution in [0.25, 0.3) is 0 Å². The van der Waals surface area contributed by atoms with Gasteiger partial charge in [0.15, 0.2) is 0 Å². The highest BCUT2D eigenvalue weighted by atomic mass is 79.9. The van der Waals surface area contributed by atoms with Crippen molar-refractivity contribution in [2.24, 2.45) is 0 Å². The minimum atomic E-state index is -0.423. The lowest BCUT2D eigenvalue weighted by Gasteiger charge is -2.22. The van der Waals surface area contributed by atoms with Gasteiger partial charge in [-0.25, -0.2) is 4.39 Å². The maximum absolute atomic E-state index is 13.4. The summed E-state index contributed by atoms with van der Waals surface area (Å²) in [6.07, 6.45) is 2.42. The number of benzene rings is 2. The van der Waals surface area contributed by atoms with Gasteiger partial charge in [0.25, 0.3) is 5.91 Å². The van der Waals surface area contributed by atoms with Crippen molar-refractivity contribution in [2.45, 2.75) is 6.42 Å². The molecule has 0 saturated heterocycles. The maximum Gasteiger partial charge on any atom is 0.255 e. The van der Waals surface area contributed by atoms with E-state index in [1.165, 1.54) is 12.1 Å². The van der Waals surface area contributed by atoms with E-state index in [0.717, 1.165) is 12.0 Å². The molecule has 0 N–H and O–H groups in total. The van der Waals surface area contributed by atoms with Gasteiger partial charge in [0.1, 0.15) is 5.82 Å². The van der Waals surface area contributed by atoms with Crippen LogP contribution in [0, 0.1) is 5.82 Å². The SMILES string of the molecule is C=CCN(CCc1ccccc1)C(=O)c1cc(F)ccc1Br. The van der Waals surface area contributed by atoms with Gasteiger partial charge in [0.05, 0.1) is 5.56 Å². The van der Waals surface area contributed by atoms with Crippen molar-refractivity contribution < 1.29 is 9.18 Å². The average molecular weight is 362 g/mol. The lowest BCUT2D eigenvalue weighted by atomic mass is 10.1. The van der Waals surface area contributed by atoms with Crippen molar-refractivity contribution in [3.8, 4) is 0 Å². The minimum absolute atomic E-state index is 0.206. The number of carbonyl (C=O) groups is 1. The zero-order valence-electron chi connectivity index (χ0n) is 12.1. The van der Waals surface area contributed by atoms with Crippen LogP contribution < -0.4 is 0 Å². The normalized spacial score (nSPS) is 10.3. The van der Waals surface area contributed by atoms with Crippen molar-refractivity contribution in [1.29, 1.82) is 0 Å². The standard InChI is InChI=1S/C18H17BrFNO/c1-2-11-21(12-10-14-6-4-3-5-7-14)18(22)16-13-15(20)8-9-17(16)19/h2-9,13H,1,10-12H2. The molecule has 2 nitrogen and oxygen atoms in total. The van der Waals surface area contributed by atoms with Crippen molar-refractivity contribution in [1.82, 2.24) is 4.90 Å². The van der Waals surface area contributed by atoms with Crippen LogP contribution in [0.4, 0.5) is 4.39 Å². The summed E-state index contributed by atoms with van der Waals surface area (Å²) in [5.74, 6) is -0.629. The van der Waals surface area contributed by atoms with Gasteiger partial charge >= 0.3 is 0 Å². The lowest BCUT2D eigenvalue weighted by molar-refractivity contribution is 0.0774. The summed E-state index contributed by atoms with van der Waals surface area (Å²) < 4.78 is 14.0. The first-order valence-electron chi connectivity index (χ1n) is 7.01. The third-order valence-corrected chi connectivity index (χ3v) is 4.00. The predicted molar refractivity (Wildman–Crippen MR) is 90.3 cm³/mol. The van der Waals surface area contributed by atoms with Gasteiger partial charge in [0.2, 0.25) is 0 Å². The van der Waals surface area contributed by atoms with Gasteiger partial charge < -0.3 is 4.90 Å². The third-order valence-electron chi connectivity index (χ3n) is 3.31. The molecular weight excluding hydrogens is 345 g/mol. The monoisotopic (exact) mass is 361 g/mol. The molecule has 0 aliphatic heterocycles. The van der Waals surface area contributed by atoms with Crippen LogP contribution in [-0.2, 0) is 6.42 Å². The molecule has 2 aromatic carbocycles. The van der Waals surface area contributed by atoms with Gasteiger partial charge in [-0.2, -0.15) is 0 Å². The van der Waals surface area contributed by atoms with Crippen LogP contribution in [0.2, 0.25) is 0 Å². The zero-order valence-corrected chi connectivity index (χ0v) is 13.7. The Morgan fingerprint density at radius 2 is 1.95 bits per heavy atom.